The molecule has 0 fully saturated rings. The van der Waals surface area contributed by atoms with Gasteiger partial charge >= 0.3 is 12.2 Å². The largest absolute Gasteiger partial charge is 0.521 e. The van der Waals surface area contributed by atoms with Gasteiger partial charge in [0.15, 0.2) is 8.32 Å². The molecule has 0 saturated carbocycles. The molecule has 0 spiro atoms. The quantitative estimate of drug-likeness (QED) is 0.442. The summed E-state index contributed by atoms with van der Waals surface area (Å²) in [6.45, 7) is 11.2. The van der Waals surface area contributed by atoms with Crippen molar-refractivity contribution >= 4 is 14.5 Å². The van der Waals surface area contributed by atoms with E-state index in [9.17, 15) is 4.79 Å². The molecular formula is C18H24N2O4Si. The van der Waals surface area contributed by atoms with Crippen LogP contribution in [0.15, 0.2) is 42.6 Å². The molecule has 134 valence electrons. The minimum Gasteiger partial charge on any atom is -0.411 e. The van der Waals surface area contributed by atoms with Crippen LogP contribution in [0, 0.1) is 0 Å². The molecule has 0 amide bonds. The van der Waals surface area contributed by atoms with Crippen molar-refractivity contribution in [3.63, 3.8) is 0 Å². The van der Waals surface area contributed by atoms with Crippen LogP contribution in [0.1, 0.15) is 26.5 Å². The lowest BCUT2D eigenvalue weighted by Gasteiger charge is -2.36. The lowest BCUT2D eigenvalue weighted by molar-refractivity contribution is 0.147. The van der Waals surface area contributed by atoms with Gasteiger partial charge in [-0.15, -0.1) is 0 Å². The van der Waals surface area contributed by atoms with Crippen LogP contribution in [0.3, 0.4) is 0 Å². The first-order valence-electron chi connectivity index (χ1n) is 8.08. The standard InChI is InChI=1S/C18H24N2O4Si/c1-18(2,3)25(4,5)22-13-14-11-12-19-16(20-14)24-17(21)23-15-9-7-6-8-10-15/h6-12H,13H2,1-5H3. The van der Waals surface area contributed by atoms with Gasteiger partial charge < -0.3 is 13.9 Å². The van der Waals surface area contributed by atoms with Gasteiger partial charge in [-0.1, -0.05) is 39.0 Å². The van der Waals surface area contributed by atoms with Gasteiger partial charge in [-0.05, 0) is 36.3 Å². The summed E-state index contributed by atoms with van der Waals surface area (Å²) in [4.78, 5) is 19.9. The Bertz CT molecular complexity index is 715. The van der Waals surface area contributed by atoms with Crippen LogP contribution in [0.4, 0.5) is 4.79 Å². The molecule has 0 saturated heterocycles. The second kappa shape index (κ2) is 7.75. The minimum absolute atomic E-state index is 0.0581. The Morgan fingerprint density at radius 2 is 1.76 bits per heavy atom. The lowest BCUT2D eigenvalue weighted by Crippen LogP contribution is -2.40. The molecule has 2 aromatic rings. The third-order valence-electron chi connectivity index (χ3n) is 4.20. The number of rotatable bonds is 5. The molecular weight excluding hydrogens is 336 g/mol. The fourth-order valence-electron chi connectivity index (χ4n) is 1.66. The summed E-state index contributed by atoms with van der Waals surface area (Å²) >= 11 is 0. The highest BCUT2D eigenvalue weighted by molar-refractivity contribution is 6.74. The molecule has 1 aromatic heterocycles. The van der Waals surface area contributed by atoms with Crippen molar-refractivity contribution in [3.8, 4) is 11.8 Å². The van der Waals surface area contributed by atoms with Crippen LogP contribution >= 0.6 is 0 Å². The first kappa shape index (κ1) is 19.1. The van der Waals surface area contributed by atoms with Gasteiger partial charge in [0.05, 0.1) is 12.3 Å². The van der Waals surface area contributed by atoms with Crippen LogP contribution < -0.4 is 9.47 Å². The summed E-state index contributed by atoms with van der Waals surface area (Å²) in [5.41, 5.74) is 0.655. The van der Waals surface area contributed by atoms with E-state index >= 15 is 0 Å². The maximum absolute atomic E-state index is 11.8. The molecule has 6 nitrogen and oxygen atoms in total. The first-order valence-corrected chi connectivity index (χ1v) is 11.0. The molecule has 0 aliphatic rings. The Balaban J connectivity index is 1.96. The molecule has 2 rings (SSSR count). The van der Waals surface area contributed by atoms with Crippen LogP contribution in [0.25, 0.3) is 0 Å². The number of hydrogen-bond acceptors (Lipinski definition) is 6. The first-order chi connectivity index (χ1) is 11.7. The second-order valence-corrected chi connectivity index (χ2v) is 12.0. The number of carbonyl (C=O) groups is 1. The van der Waals surface area contributed by atoms with E-state index in [1.165, 1.54) is 6.20 Å². The second-order valence-electron chi connectivity index (χ2n) is 7.15. The zero-order valence-electron chi connectivity index (χ0n) is 15.3. The van der Waals surface area contributed by atoms with Gasteiger partial charge in [0.1, 0.15) is 5.75 Å². The normalized spacial score (nSPS) is 11.9. The fraction of sp³-hybridized carbons (Fsp3) is 0.389. The van der Waals surface area contributed by atoms with Crippen molar-refractivity contribution in [1.82, 2.24) is 9.97 Å². The van der Waals surface area contributed by atoms with Crippen molar-refractivity contribution in [2.24, 2.45) is 0 Å². The molecule has 25 heavy (non-hydrogen) atoms. The highest BCUT2D eigenvalue weighted by Gasteiger charge is 2.37. The smallest absolute Gasteiger partial charge is 0.411 e. The topological polar surface area (TPSA) is 70.5 Å². The summed E-state index contributed by atoms with van der Waals surface area (Å²) in [6, 6.07) is 10.3. The summed E-state index contributed by atoms with van der Waals surface area (Å²) in [5.74, 6) is 0.393. The maximum Gasteiger partial charge on any atom is 0.521 e. The number of aromatic nitrogens is 2. The van der Waals surface area contributed by atoms with Crippen molar-refractivity contribution in [2.45, 2.75) is 45.5 Å². The van der Waals surface area contributed by atoms with Crippen LogP contribution in [0.5, 0.6) is 11.8 Å². The number of carbonyl (C=O) groups excluding carboxylic acids is 1. The number of benzene rings is 1. The molecule has 0 aliphatic carbocycles. The summed E-state index contributed by atoms with van der Waals surface area (Å²) < 4.78 is 16.2. The Kier molecular flexibility index (Phi) is 5.92. The van der Waals surface area contributed by atoms with Crippen LogP contribution in [-0.2, 0) is 11.0 Å². The Hall–Kier alpha value is -2.25. The number of para-hydroxylation sites is 1. The molecule has 0 N–H and O–H groups in total. The van der Waals surface area contributed by atoms with E-state index in [-0.39, 0.29) is 11.0 Å². The third kappa shape index (κ3) is 5.65. The number of nitrogens with zero attached hydrogens (tertiary/aromatic N) is 2. The molecule has 0 aliphatic heterocycles. The van der Waals surface area contributed by atoms with Gasteiger partial charge in [0, 0.05) is 6.20 Å². The van der Waals surface area contributed by atoms with Gasteiger partial charge in [0.25, 0.3) is 0 Å². The van der Waals surface area contributed by atoms with E-state index in [0.717, 1.165) is 0 Å². The van der Waals surface area contributed by atoms with Gasteiger partial charge in [-0.3, -0.25) is 0 Å². The van der Waals surface area contributed by atoms with E-state index in [0.29, 0.717) is 18.1 Å². The van der Waals surface area contributed by atoms with Crippen LogP contribution in [0.2, 0.25) is 18.1 Å². The zero-order valence-corrected chi connectivity index (χ0v) is 16.3. The average Bonchev–Trinajstić information content (AvgIpc) is 2.53. The fourth-order valence-corrected chi connectivity index (χ4v) is 2.60. The van der Waals surface area contributed by atoms with E-state index in [2.05, 4.69) is 43.8 Å². The molecule has 1 heterocycles. The zero-order chi connectivity index (χ0) is 18.5. The van der Waals surface area contributed by atoms with Crippen LogP contribution in [-0.4, -0.2) is 24.4 Å². The Morgan fingerprint density at radius 3 is 2.40 bits per heavy atom. The highest BCUT2D eigenvalue weighted by Crippen LogP contribution is 2.36. The van der Waals surface area contributed by atoms with Crippen molar-refractivity contribution in [3.05, 3.63) is 48.3 Å². The predicted octanol–water partition coefficient (Wildman–Crippen LogP) is 4.58. The molecule has 0 bridgehead atoms. The Labute approximate surface area is 149 Å². The SMILES string of the molecule is CC(C)(C)[Si](C)(C)OCc1ccnc(OC(=O)Oc2ccccc2)n1. The van der Waals surface area contributed by atoms with E-state index < -0.39 is 14.5 Å². The minimum atomic E-state index is -1.88. The van der Waals surface area contributed by atoms with E-state index in [1.54, 1.807) is 30.3 Å². The van der Waals surface area contributed by atoms with Gasteiger partial charge in [-0.25, -0.2) is 9.78 Å². The monoisotopic (exact) mass is 360 g/mol. The van der Waals surface area contributed by atoms with Gasteiger partial charge in [0.2, 0.25) is 0 Å². The van der Waals surface area contributed by atoms with Gasteiger partial charge in [-0.2, -0.15) is 4.98 Å². The highest BCUT2D eigenvalue weighted by atomic mass is 28.4. The lowest BCUT2D eigenvalue weighted by atomic mass is 10.2. The maximum atomic E-state index is 11.8. The molecule has 0 radical (unpaired) electrons. The molecule has 0 unspecified atom stereocenters. The van der Waals surface area contributed by atoms with Crippen molar-refractivity contribution in [2.75, 3.05) is 0 Å². The average molecular weight is 360 g/mol. The summed E-state index contributed by atoms with van der Waals surface area (Å²) in [6.07, 6.45) is 0.649. The van der Waals surface area contributed by atoms with E-state index in [4.69, 9.17) is 13.9 Å². The molecule has 0 atom stereocenters. The summed E-state index contributed by atoms with van der Waals surface area (Å²) in [7, 11) is -1.88. The number of ether oxygens (including phenoxy) is 2. The van der Waals surface area contributed by atoms with Crippen molar-refractivity contribution in [1.29, 1.82) is 0 Å². The summed E-state index contributed by atoms with van der Waals surface area (Å²) in [5, 5.41) is 0.110. The molecule has 7 heteroatoms. The molecule has 1 aromatic carbocycles. The van der Waals surface area contributed by atoms with Crippen molar-refractivity contribution < 1.29 is 18.7 Å². The third-order valence-corrected chi connectivity index (χ3v) is 8.68. The predicted molar refractivity (Wildman–Crippen MR) is 97.1 cm³/mol. The Morgan fingerprint density at radius 1 is 1.08 bits per heavy atom. The number of hydrogen-bond donors (Lipinski definition) is 0. The van der Waals surface area contributed by atoms with E-state index in [1.807, 2.05) is 6.07 Å².